The second-order valence-electron chi connectivity index (χ2n) is 6.23. The Kier molecular flexibility index (Phi) is 6.27. The highest BCUT2D eigenvalue weighted by atomic mass is 79.9. The van der Waals surface area contributed by atoms with Crippen LogP contribution < -0.4 is 0 Å². The van der Waals surface area contributed by atoms with Crippen molar-refractivity contribution in [3.63, 3.8) is 0 Å². The number of nitrogens with zero attached hydrogens (tertiary/aromatic N) is 2. The molecule has 1 amide bonds. The molecule has 1 aliphatic heterocycles. The fraction of sp³-hybridized carbons (Fsp3) is 0.353. The number of likely N-dealkylation sites (N-methyl/N-ethyl adjacent to an activating group) is 1. The van der Waals surface area contributed by atoms with E-state index in [4.69, 9.17) is 11.6 Å². The van der Waals surface area contributed by atoms with E-state index >= 15 is 0 Å². The third kappa shape index (κ3) is 4.22. The Balaban J connectivity index is 1.81. The SMILES string of the molecule is CN(Cc1c(F)cccc1Cl)C(=O)[C@H]1CCCN1S(=O)(=O)c1ccc(Br)s1. The second kappa shape index (κ2) is 8.16. The van der Waals surface area contributed by atoms with Crippen molar-refractivity contribution in [3.8, 4) is 0 Å². The van der Waals surface area contributed by atoms with Gasteiger partial charge in [-0.15, -0.1) is 11.3 Å². The van der Waals surface area contributed by atoms with Crippen molar-refractivity contribution in [1.82, 2.24) is 9.21 Å². The van der Waals surface area contributed by atoms with Crippen LogP contribution in [0, 0.1) is 5.82 Å². The topological polar surface area (TPSA) is 57.7 Å². The molecule has 1 aliphatic rings. The summed E-state index contributed by atoms with van der Waals surface area (Å²) in [6, 6.07) is 6.71. The number of hydrogen-bond donors (Lipinski definition) is 0. The van der Waals surface area contributed by atoms with Crippen LogP contribution in [0.2, 0.25) is 5.02 Å². The predicted molar refractivity (Wildman–Crippen MR) is 107 cm³/mol. The summed E-state index contributed by atoms with van der Waals surface area (Å²) in [7, 11) is -2.24. The molecule has 27 heavy (non-hydrogen) atoms. The monoisotopic (exact) mass is 494 g/mol. The molecule has 10 heteroatoms. The molecule has 0 N–H and O–H groups in total. The van der Waals surface area contributed by atoms with Crippen LogP contribution in [-0.4, -0.2) is 43.2 Å². The van der Waals surface area contributed by atoms with Gasteiger partial charge in [-0.2, -0.15) is 4.31 Å². The van der Waals surface area contributed by atoms with E-state index in [-0.39, 0.29) is 33.8 Å². The molecular formula is C17H17BrClFN2O3S2. The lowest BCUT2D eigenvalue weighted by Crippen LogP contribution is -2.46. The maximum absolute atomic E-state index is 14.0. The van der Waals surface area contributed by atoms with Crippen LogP contribution in [0.1, 0.15) is 18.4 Å². The predicted octanol–water partition coefficient (Wildman–Crippen LogP) is 4.11. The first kappa shape index (κ1) is 20.7. The van der Waals surface area contributed by atoms with E-state index < -0.39 is 21.9 Å². The molecule has 1 aromatic heterocycles. The summed E-state index contributed by atoms with van der Waals surface area (Å²) < 4.78 is 42.0. The smallest absolute Gasteiger partial charge is 0.253 e. The van der Waals surface area contributed by atoms with Gasteiger partial charge >= 0.3 is 0 Å². The molecule has 0 spiro atoms. The fourth-order valence-corrected chi connectivity index (χ4v) is 7.09. The average Bonchev–Trinajstić information content (AvgIpc) is 3.27. The van der Waals surface area contributed by atoms with E-state index in [0.717, 1.165) is 11.3 Å². The van der Waals surface area contributed by atoms with Crippen molar-refractivity contribution < 1.29 is 17.6 Å². The minimum Gasteiger partial charge on any atom is -0.340 e. The highest BCUT2D eigenvalue weighted by Crippen LogP contribution is 2.33. The molecular weight excluding hydrogens is 479 g/mol. The van der Waals surface area contributed by atoms with Gasteiger partial charge in [0.15, 0.2) is 0 Å². The van der Waals surface area contributed by atoms with Gasteiger partial charge in [0.2, 0.25) is 5.91 Å². The van der Waals surface area contributed by atoms with Gasteiger partial charge in [0.25, 0.3) is 10.0 Å². The van der Waals surface area contributed by atoms with Gasteiger partial charge in [0.1, 0.15) is 16.1 Å². The fourth-order valence-electron chi connectivity index (χ4n) is 3.08. The minimum absolute atomic E-state index is 0.0285. The van der Waals surface area contributed by atoms with E-state index in [1.165, 1.54) is 34.5 Å². The highest BCUT2D eigenvalue weighted by molar-refractivity contribution is 9.11. The highest BCUT2D eigenvalue weighted by Gasteiger charge is 2.41. The number of halogens is 3. The summed E-state index contributed by atoms with van der Waals surface area (Å²) in [6.07, 6.45) is 1.02. The quantitative estimate of drug-likeness (QED) is 0.627. The standard InChI is InChI=1S/C17H17BrClFN2O3S2/c1-21(10-11-12(19)4-2-5-13(11)20)17(23)14-6-3-9-22(14)27(24,25)16-8-7-15(18)26-16/h2,4-5,7-8,14H,3,6,9-10H2,1H3/t14-/m1/s1. The summed E-state index contributed by atoms with van der Waals surface area (Å²) in [4.78, 5) is 14.2. The Morgan fingerprint density at radius 3 is 2.78 bits per heavy atom. The van der Waals surface area contributed by atoms with Crippen LogP contribution in [0.5, 0.6) is 0 Å². The molecule has 146 valence electrons. The van der Waals surface area contributed by atoms with E-state index in [9.17, 15) is 17.6 Å². The van der Waals surface area contributed by atoms with Crippen molar-refractivity contribution in [1.29, 1.82) is 0 Å². The molecule has 1 atom stereocenters. The number of carbonyl (C=O) groups is 1. The molecule has 0 bridgehead atoms. The lowest BCUT2D eigenvalue weighted by atomic mass is 10.1. The number of amides is 1. The Labute approximate surface area is 174 Å². The molecule has 0 radical (unpaired) electrons. The van der Waals surface area contributed by atoms with E-state index in [1.54, 1.807) is 12.1 Å². The van der Waals surface area contributed by atoms with Crippen LogP contribution in [-0.2, 0) is 21.4 Å². The van der Waals surface area contributed by atoms with Crippen LogP contribution in [0.3, 0.4) is 0 Å². The van der Waals surface area contributed by atoms with Crippen molar-refractivity contribution in [2.45, 2.75) is 29.6 Å². The van der Waals surface area contributed by atoms with E-state index in [0.29, 0.717) is 16.6 Å². The Hall–Kier alpha value is -1.000. The van der Waals surface area contributed by atoms with E-state index in [2.05, 4.69) is 15.9 Å². The largest absolute Gasteiger partial charge is 0.340 e. The van der Waals surface area contributed by atoms with Crippen LogP contribution in [0.15, 0.2) is 38.3 Å². The molecule has 0 saturated carbocycles. The molecule has 2 heterocycles. The first-order valence-corrected chi connectivity index (χ1v) is 11.6. The summed E-state index contributed by atoms with van der Waals surface area (Å²) in [6.45, 7) is 0.252. The van der Waals surface area contributed by atoms with Gasteiger partial charge in [-0.25, -0.2) is 12.8 Å². The van der Waals surface area contributed by atoms with Crippen LogP contribution in [0.4, 0.5) is 4.39 Å². The first-order chi connectivity index (χ1) is 12.7. The molecule has 0 aliphatic carbocycles. The maximum atomic E-state index is 14.0. The molecule has 2 aromatic rings. The van der Waals surface area contributed by atoms with Gasteiger partial charge in [-0.1, -0.05) is 17.7 Å². The Morgan fingerprint density at radius 2 is 2.15 bits per heavy atom. The van der Waals surface area contributed by atoms with Gasteiger partial charge in [-0.05, 0) is 53.0 Å². The lowest BCUT2D eigenvalue weighted by molar-refractivity contribution is -0.133. The van der Waals surface area contributed by atoms with Gasteiger partial charge in [-0.3, -0.25) is 4.79 Å². The molecule has 5 nitrogen and oxygen atoms in total. The number of rotatable bonds is 5. The number of thiophene rings is 1. The molecule has 0 unspecified atom stereocenters. The third-order valence-corrected chi connectivity index (χ3v) is 8.79. The zero-order valence-corrected chi connectivity index (χ0v) is 18.3. The van der Waals surface area contributed by atoms with Crippen molar-refractivity contribution in [3.05, 3.63) is 50.5 Å². The average molecular weight is 496 g/mol. The molecule has 1 saturated heterocycles. The molecule has 3 rings (SSSR count). The summed E-state index contributed by atoms with van der Waals surface area (Å²) in [5.41, 5.74) is 0.213. The van der Waals surface area contributed by atoms with Gasteiger partial charge in [0.05, 0.1) is 3.79 Å². The third-order valence-electron chi connectivity index (χ3n) is 4.43. The summed E-state index contributed by atoms with van der Waals surface area (Å²) in [5, 5.41) is 0.231. The Morgan fingerprint density at radius 1 is 1.41 bits per heavy atom. The lowest BCUT2D eigenvalue weighted by Gasteiger charge is -2.27. The minimum atomic E-state index is -3.76. The van der Waals surface area contributed by atoms with Crippen molar-refractivity contribution in [2.75, 3.05) is 13.6 Å². The first-order valence-electron chi connectivity index (χ1n) is 8.17. The van der Waals surface area contributed by atoms with Crippen molar-refractivity contribution >= 4 is 54.8 Å². The van der Waals surface area contributed by atoms with Crippen LogP contribution in [0.25, 0.3) is 0 Å². The zero-order chi connectivity index (χ0) is 19.8. The Bertz CT molecular complexity index is 947. The summed E-state index contributed by atoms with van der Waals surface area (Å²) >= 11 is 10.4. The zero-order valence-electron chi connectivity index (χ0n) is 14.4. The summed E-state index contributed by atoms with van der Waals surface area (Å²) in [5.74, 6) is -0.868. The maximum Gasteiger partial charge on any atom is 0.253 e. The number of hydrogen-bond acceptors (Lipinski definition) is 4. The number of carbonyl (C=O) groups excluding carboxylic acids is 1. The van der Waals surface area contributed by atoms with Gasteiger partial charge in [0, 0.05) is 30.7 Å². The second-order valence-corrected chi connectivity index (χ2v) is 11.2. The number of benzene rings is 1. The molecule has 1 aromatic carbocycles. The van der Waals surface area contributed by atoms with Gasteiger partial charge < -0.3 is 4.90 Å². The molecule has 1 fully saturated rings. The normalized spacial score (nSPS) is 18.0. The number of sulfonamides is 1. The van der Waals surface area contributed by atoms with Crippen molar-refractivity contribution in [2.24, 2.45) is 0 Å². The van der Waals surface area contributed by atoms with Crippen LogP contribution >= 0.6 is 38.9 Å². The van der Waals surface area contributed by atoms with E-state index in [1.807, 2.05) is 0 Å².